The highest BCUT2D eigenvalue weighted by Gasteiger charge is 2.28. The van der Waals surface area contributed by atoms with E-state index in [1.54, 1.807) is 0 Å². The van der Waals surface area contributed by atoms with Crippen molar-refractivity contribution in [1.82, 2.24) is 23.5 Å². The van der Waals surface area contributed by atoms with Crippen LogP contribution in [0.4, 0.5) is 0 Å². The number of para-hydroxylation sites is 5. The summed E-state index contributed by atoms with van der Waals surface area (Å²) in [4.78, 5) is 11.1. The van der Waals surface area contributed by atoms with E-state index in [2.05, 4.69) is 165 Å². The predicted octanol–water partition coefficient (Wildman–Crippen LogP) is 12.9. The lowest BCUT2D eigenvalue weighted by Gasteiger charge is -2.12. The van der Waals surface area contributed by atoms with E-state index in [0.29, 0.717) is 17.3 Å². The molecule has 258 valence electrons. The van der Waals surface area contributed by atoms with Gasteiger partial charge in [0.15, 0.2) is 11.4 Å². The molecule has 0 aliphatic heterocycles. The minimum Gasteiger partial charge on any atom is -0.450 e. The average molecular weight is 714 g/mol. The molecule has 0 saturated carbocycles. The van der Waals surface area contributed by atoms with Gasteiger partial charge in [-0.2, -0.15) is 4.98 Å². The zero-order valence-electron chi connectivity index (χ0n) is 29.7. The number of hydrogen-bond acceptors (Lipinski definition) is 3. The fourth-order valence-electron chi connectivity index (χ4n) is 9.94. The molecular weight excluding hydrogens is 687 g/mol. The van der Waals surface area contributed by atoms with Crippen molar-refractivity contribution in [2.24, 2.45) is 0 Å². The number of furan rings is 1. The van der Waals surface area contributed by atoms with Crippen LogP contribution in [0.25, 0.3) is 126 Å². The third kappa shape index (κ3) is 3.39. The third-order valence-electron chi connectivity index (χ3n) is 12.2. The Morgan fingerprint density at radius 3 is 1.68 bits per heavy atom. The first-order valence-corrected chi connectivity index (χ1v) is 19.0. The van der Waals surface area contributed by atoms with Gasteiger partial charge in [-0.25, -0.2) is 4.98 Å². The van der Waals surface area contributed by atoms with E-state index in [1.165, 1.54) is 54.3 Å². The summed E-state index contributed by atoms with van der Waals surface area (Å²) in [6, 6.07) is 58.5. The summed E-state index contributed by atoms with van der Waals surface area (Å²) < 4.78 is 13.8. The van der Waals surface area contributed by atoms with E-state index in [0.717, 1.165) is 54.7 Å². The maximum Gasteiger partial charge on any atom is 0.237 e. The van der Waals surface area contributed by atoms with Crippen molar-refractivity contribution in [3.05, 3.63) is 164 Å². The van der Waals surface area contributed by atoms with Gasteiger partial charge in [-0.1, -0.05) is 115 Å². The van der Waals surface area contributed by atoms with Gasteiger partial charge in [-0.15, -0.1) is 0 Å². The van der Waals surface area contributed by atoms with E-state index in [9.17, 15) is 0 Å². The van der Waals surface area contributed by atoms with Gasteiger partial charge in [0.2, 0.25) is 5.95 Å². The molecule has 0 fully saturated rings. The molecule has 0 unspecified atom stereocenters. The second kappa shape index (κ2) is 10.1. The quantitative estimate of drug-likeness (QED) is 0.179. The van der Waals surface area contributed by atoms with E-state index in [1.807, 2.05) is 12.1 Å². The minimum atomic E-state index is 0.596. The molecular formula is C50H27N5O. The lowest BCUT2D eigenvalue weighted by Crippen LogP contribution is -2.06. The first-order chi connectivity index (χ1) is 27.8. The summed E-state index contributed by atoms with van der Waals surface area (Å²) in [5.41, 5.74) is 10.1. The van der Waals surface area contributed by atoms with Crippen LogP contribution in [-0.2, 0) is 0 Å². The van der Waals surface area contributed by atoms with Crippen molar-refractivity contribution >= 4 is 115 Å². The number of aromatic nitrogens is 5. The van der Waals surface area contributed by atoms with Crippen molar-refractivity contribution < 1.29 is 4.42 Å². The Kier molecular flexibility index (Phi) is 5.18. The standard InChI is InChI=1S/C50H27N5O/c1-2-14-29-28(13-1)25-26-41-43(29)44-46-35(32-17-5-8-20-37(32)53(41)46)27-36-33-18-6-11-23-40(33)55(47(36)44)50-51-45-34-19-7-12-24-42(34)56-48(45)49(52-50)54-38-21-9-3-15-30(38)31-16-4-10-22-39(31)54/h1-27H. The van der Waals surface area contributed by atoms with E-state index < -0.39 is 0 Å². The van der Waals surface area contributed by atoms with Crippen molar-refractivity contribution in [3.8, 4) is 11.8 Å². The minimum absolute atomic E-state index is 0.596. The normalized spacial score (nSPS) is 12.6. The molecule has 6 nitrogen and oxygen atoms in total. The summed E-state index contributed by atoms with van der Waals surface area (Å²) >= 11 is 0. The SMILES string of the molecule is c1ccc2c(c1)ccc1c2c2c3c(cc4c5ccccc5n1c42)c1ccccc1n3-c1nc(-n2c3ccccc3c3ccccc32)c2oc3ccccc3c2n1. The largest absolute Gasteiger partial charge is 0.450 e. The van der Waals surface area contributed by atoms with Crippen LogP contribution in [-0.4, -0.2) is 23.5 Å². The Balaban J connectivity index is 1.24. The average Bonchev–Trinajstić information content (AvgIpc) is 4.05. The van der Waals surface area contributed by atoms with Gasteiger partial charge >= 0.3 is 0 Å². The fraction of sp³-hybridized carbons (Fsp3) is 0. The molecule has 0 aliphatic rings. The number of fused-ring (bicyclic) bond motifs is 18. The predicted molar refractivity (Wildman–Crippen MR) is 230 cm³/mol. The highest BCUT2D eigenvalue weighted by Crippen LogP contribution is 2.48. The van der Waals surface area contributed by atoms with Gasteiger partial charge in [0.1, 0.15) is 11.1 Å². The van der Waals surface area contributed by atoms with Gasteiger partial charge in [0, 0.05) is 48.5 Å². The van der Waals surface area contributed by atoms with E-state index in [-0.39, 0.29) is 0 Å². The molecule has 0 aliphatic carbocycles. The molecule has 0 bridgehead atoms. The first-order valence-electron chi connectivity index (χ1n) is 19.0. The molecule has 56 heavy (non-hydrogen) atoms. The molecule has 6 heterocycles. The Morgan fingerprint density at radius 1 is 0.393 bits per heavy atom. The zero-order chi connectivity index (χ0) is 36.2. The lowest BCUT2D eigenvalue weighted by atomic mass is 10.00. The van der Waals surface area contributed by atoms with Gasteiger partial charge in [-0.05, 0) is 59.3 Å². The van der Waals surface area contributed by atoms with Crippen LogP contribution in [0.1, 0.15) is 0 Å². The molecule has 14 rings (SSSR count). The Labute approximate surface area is 317 Å². The van der Waals surface area contributed by atoms with Gasteiger partial charge in [0.05, 0.1) is 38.6 Å². The van der Waals surface area contributed by atoms with Gasteiger partial charge < -0.3 is 8.82 Å². The van der Waals surface area contributed by atoms with Gasteiger partial charge in [-0.3, -0.25) is 9.13 Å². The monoisotopic (exact) mass is 713 g/mol. The van der Waals surface area contributed by atoms with Crippen molar-refractivity contribution in [3.63, 3.8) is 0 Å². The molecule has 6 aromatic heterocycles. The Hall–Kier alpha value is -7.70. The van der Waals surface area contributed by atoms with Crippen LogP contribution in [0.15, 0.2) is 168 Å². The summed E-state index contributed by atoms with van der Waals surface area (Å²) in [5, 5.41) is 13.0. The molecule has 0 spiro atoms. The molecule has 0 amide bonds. The second-order valence-electron chi connectivity index (χ2n) is 14.9. The van der Waals surface area contributed by atoms with Crippen LogP contribution < -0.4 is 0 Å². The van der Waals surface area contributed by atoms with Crippen molar-refractivity contribution in [2.45, 2.75) is 0 Å². The van der Waals surface area contributed by atoms with E-state index >= 15 is 0 Å². The Morgan fingerprint density at radius 2 is 0.946 bits per heavy atom. The van der Waals surface area contributed by atoms with Crippen molar-refractivity contribution in [1.29, 1.82) is 0 Å². The van der Waals surface area contributed by atoms with Gasteiger partial charge in [0.25, 0.3) is 0 Å². The Bertz CT molecular complexity index is 3960. The van der Waals surface area contributed by atoms with E-state index in [4.69, 9.17) is 14.4 Å². The van der Waals surface area contributed by atoms with Crippen LogP contribution in [0.3, 0.4) is 0 Å². The highest BCUT2D eigenvalue weighted by atomic mass is 16.3. The summed E-state index contributed by atoms with van der Waals surface area (Å²) in [6.07, 6.45) is 0. The van der Waals surface area contributed by atoms with Crippen LogP contribution in [0, 0.1) is 0 Å². The molecule has 0 saturated heterocycles. The summed E-state index contributed by atoms with van der Waals surface area (Å²) in [5.74, 6) is 1.31. The maximum atomic E-state index is 6.73. The third-order valence-corrected chi connectivity index (χ3v) is 12.2. The fourth-order valence-corrected chi connectivity index (χ4v) is 9.94. The molecule has 0 atom stereocenters. The van der Waals surface area contributed by atoms with Crippen LogP contribution >= 0.6 is 0 Å². The number of rotatable bonds is 2. The molecule has 6 heteroatoms. The topological polar surface area (TPSA) is 53.2 Å². The smallest absolute Gasteiger partial charge is 0.237 e. The summed E-state index contributed by atoms with van der Waals surface area (Å²) in [7, 11) is 0. The highest BCUT2D eigenvalue weighted by molar-refractivity contribution is 6.37. The molecule has 0 radical (unpaired) electrons. The zero-order valence-corrected chi connectivity index (χ0v) is 29.7. The lowest BCUT2D eigenvalue weighted by molar-refractivity contribution is 0.661. The maximum absolute atomic E-state index is 6.73. The van der Waals surface area contributed by atoms with Crippen LogP contribution in [0.2, 0.25) is 0 Å². The van der Waals surface area contributed by atoms with Crippen molar-refractivity contribution in [2.75, 3.05) is 0 Å². The number of hydrogen-bond donors (Lipinski definition) is 0. The second-order valence-corrected chi connectivity index (χ2v) is 14.9. The molecule has 8 aromatic carbocycles. The summed E-state index contributed by atoms with van der Waals surface area (Å²) in [6.45, 7) is 0. The van der Waals surface area contributed by atoms with Crippen LogP contribution in [0.5, 0.6) is 0 Å². The molecule has 14 aromatic rings. The molecule has 0 N–H and O–H groups in total. The first kappa shape index (κ1) is 28.8. The number of benzene rings is 8. The number of nitrogens with zero attached hydrogens (tertiary/aromatic N) is 5.